The zero-order valence-corrected chi connectivity index (χ0v) is 11.6. The van der Waals surface area contributed by atoms with Gasteiger partial charge in [-0.05, 0) is 31.2 Å². The first-order valence-electron chi connectivity index (χ1n) is 6.28. The molecular formula is C13H15ClN4O2. The normalized spacial score (nSPS) is 10.7. The Morgan fingerprint density at radius 1 is 1.45 bits per heavy atom. The fraction of sp³-hybridized carbons (Fsp3) is 0.308. The predicted molar refractivity (Wildman–Crippen MR) is 76.7 cm³/mol. The van der Waals surface area contributed by atoms with Crippen LogP contribution in [-0.2, 0) is 13.1 Å². The van der Waals surface area contributed by atoms with E-state index < -0.39 is 4.92 Å². The number of rotatable bonds is 7. The van der Waals surface area contributed by atoms with Gasteiger partial charge < -0.3 is 5.32 Å². The summed E-state index contributed by atoms with van der Waals surface area (Å²) in [4.78, 5) is 10.5. The Morgan fingerprint density at radius 2 is 2.30 bits per heavy atom. The lowest BCUT2D eigenvalue weighted by Gasteiger charge is -2.06. The summed E-state index contributed by atoms with van der Waals surface area (Å²) < 4.78 is 1.85. The summed E-state index contributed by atoms with van der Waals surface area (Å²) in [6.45, 7) is 2.00. The molecule has 0 aliphatic carbocycles. The predicted octanol–water partition coefficient (Wildman–Crippen LogP) is 2.62. The summed E-state index contributed by atoms with van der Waals surface area (Å²) in [7, 11) is 0. The summed E-state index contributed by atoms with van der Waals surface area (Å²) >= 11 is 5.87. The molecule has 6 nitrogen and oxygen atoms in total. The molecule has 1 N–H and O–H groups in total. The second-order valence-corrected chi connectivity index (χ2v) is 4.77. The van der Waals surface area contributed by atoms with E-state index in [2.05, 4.69) is 10.4 Å². The van der Waals surface area contributed by atoms with E-state index in [-0.39, 0.29) is 5.69 Å². The molecule has 0 amide bonds. The smallest absolute Gasteiger partial charge is 0.273 e. The van der Waals surface area contributed by atoms with E-state index in [0.717, 1.165) is 19.5 Å². The van der Waals surface area contributed by atoms with Gasteiger partial charge in [-0.3, -0.25) is 14.8 Å². The first-order valence-corrected chi connectivity index (χ1v) is 6.65. The minimum absolute atomic E-state index is 0.0916. The first-order chi connectivity index (χ1) is 9.66. The van der Waals surface area contributed by atoms with E-state index in [0.29, 0.717) is 17.1 Å². The third kappa shape index (κ3) is 4.04. The van der Waals surface area contributed by atoms with E-state index in [9.17, 15) is 10.1 Å². The quantitative estimate of drug-likeness (QED) is 0.484. The molecule has 0 atom stereocenters. The molecule has 0 unspecified atom stereocenters. The first kappa shape index (κ1) is 14.5. The van der Waals surface area contributed by atoms with Crippen LogP contribution in [0.5, 0.6) is 0 Å². The minimum atomic E-state index is -0.392. The highest BCUT2D eigenvalue weighted by Crippen LogP contribution is 2.22. The van der Waals surface area contributed by atoms with Crippen molar-refractivity contribution in [1.82, 2.24) is 15.1 Å². The molecular weight excluding hydrogens is 280 g/mol. The van der Waals surface area contributed by atoms with Gasteiger partial charge in [0.25, 0.3) is 5.69 Å². The largest absolute Gasteiger partial charge is 0.312 e. The number of nitrogens with one attached hydrogen (secondary N) is 1. The van der Waals surface area contributed by atoms with E-state index in [1.807, 2.05) is 16.9 Å². The zero-order valence-electron chi connectivity index (χ0n) is 10.8. The van der Waals surface area contributed by atoms with Gasteiger partial charge in [-0.2, -0.15) is 5.10 Å². The van der Waals surface area contributed by atoms with Crippen LogP contribution in [0.15, 0.2) is 36.7 Å². The molecule has 0 radical (unpaired) electrons. The maximum Gasteiger partial charge on any atom is 0.273 e. The molecule has 1 aromatic heterocycles. The maximum atomic E-state index is 10.9. The lowest BCUT2D eigenvalue weighted by atomic mass is 10.2. The highest BCUT2D eigenvalue weighted by molar-refractivity contribution is 6.30. The van der Waals surface area contributed by atoms with Crippen molar-refractivity contribution in [2.24, 2.45) is 0 Å². The molecule has 0 aliphatic rings. The number of hydrogen-bond acceptors (Lipinski definition) is 4. The molecule has 2 aromatic rings. The molecule has 1 aromatic carbocycles. The van der Waals surface area contributed by atoms with Gasteiger partial charge in [-0.1, -0.05) is 11.6 Å². The van der Waals surface area contributed by atoms with E-state index in [1.165, 1.54) is 12.1 Å². The van der Waals surface area contributed by atoms with Crippen LogP contribution in [0.1, 0.15) is 12.0 Å². The topological polar surface area (TPSA) is 73.0 Å². The minimum Gasteiger partial charge on any atom is -0.312 e. The summed E-state index contributed by atoms with van der Waals surface area (Å²) in [6, 6.07) is 6.47. The molecule has 0 saturated carbocycles. The molecule has 0 spiro atoms. The molecule has 106 valence electrons. The van der Waals surface area contributed by atoms with Crippen LogP contribution in [0.25, 0.3) is 0 Å². The Morgan fingerprint density at radius 3 is 3.00 bits per heavy atom. The highest BCUT2D eigenvalue weighted by Gasteiger charge is 2.13. The van der Waals surface area contributed by atoms with Crippen molar-refractivity contribution in [1.29, 1.82) is 0 Å². The average molecular weight is 295 g/mol. The highest BCUT2D eigenvalue weighted by atomic mass is 35.5. The Kier molecular flexibility index (Phi) is 5.09. The van der Waals surface area contributed by atoms with Gasteiger partial charge in [-0.15, -0.1) is 0 Å². The number of nitrogens with zero attached hydrogens (tertiary/aromatic N) is 3. The van der Waals surface area contributed by atoms with Gasteiger partial charge in [0.15, 0.2) is 0 Å². The van der Waals surface area contributed by atoms with Crippen molar-refractivity contribution >= 4 is 17.3 Å². The molecule has 2 rings (SSSR count). The van der Waals surface area contributed by atoms with Crippen molar-refractivity contribution in [2.75, 3.05) is 6.54 Å². The number of nitro benzene ring substituents is 1. The standard InChI is InChI=1S/C13H15ClN4O2/c14-12-3-4-13(18(19)20)11(9-12)10-15-5-1-7-17-8-2-6-16-17/h2-4,6,8-9,15H,1,5,7,10H2. The maximum absolute atomic E-state index is 10.9. The monoisotopic (exact) mass is 294 g/mol. The SMILES string of the molecule is O=[N+]([O-])c1ccc(Cl)cc1CNCCCn1cccn1. The fourth-order valence-electron chi connectivity index (χ4n) is 1.90. The van der Waals surface area contributed by atoms with Crippen LogP contribution < -0.4 is 5.32 Å². The third-order valence-electron chi connectivity index (χ3n) is 2.85. The summed E-state index contributed by atoms with van der Waals surface area (Å²) in [5, 5.41) is 18.7. The number of benzene rings is 1. The lowest BCUT2D eigenvalue weighted by molar-refractivity contribution is -0.385. The molecule has 0 bridgehead atoms. The zero-order chi connectivity index (χ0) is 14.4. The number of hydrogen-bond donors (Lipinski definition) is 1. The van der Waals surface area contributed by atoms with Gasteiger partial charge in [0, 0.05) is 42.1 Å². The van der Waals surface area contributed by atoms with Crippen LogP contribution in [0.2, 0.25) is 5.02 Å². The second kappa shape index (κ2) is 7.02. The Bertz CT molecular complexity index is 572. The lowest BCUT2D eigenvalue weighted by Crippen LogP contribution is -2.17. The summed E-state index contributed by atoms with van der Waals surface area (Å²) in [6.07, 6.45) is 4.54. The summed E-state index contributed by atoms with van der Waals surface area (Å²) in [5.74, 6) is 0. The Hall–Kier alpha value is -1.92. The molecule has 0 aliphatic heterocycles. The van der Waals surface area contributed by atoms with Crippen molar-refractivity contribution in [3.63, 3.8) is 0 Å². The third-order valence-corrected chi connectivity index (χ3v) is 3.09. The van der Waals surface area contributed by atoms with Gasteiger partial charge >= 0.3 is 0 Å². The fourth-order valence-corrected chi connectivity index (χ4v) is 2.09. The van der Waals surface area contributed by atoms with E-state index in [1.54, 1.807) is 12.3 Å². The summed E-state index contributed by atoms with van der Waals surface area (Å²) in [5.41, 5.74) is 0.690. The molecule has 20 heavy (non-hydrogen) atoms. The number of aryl methyl sites for hydroxylation is 1. The number of nitro groups is 1. The molecule has 0 fully saturated rings. The molecule has 7 heteroatoms. The molecule has 1 heterocycles. The van der Waals surface area contributed by atoms with Gasteiger partial charge in [0.05, 0.1) is 4.92 Å². The van der Waals surface area contributed by atoms with Gasteiger partial charge in [0.1, 0.15) is 0 Å². The van der Waals surface area contributed by atoms with Crippen molar-refractivity contribution in [3.05, 3.63) is 57.4 Å². The van der Waals surface area contributed by atoms with Crippen molar-refractivity contribution < 1.29 is 4.92 Å². The molecule has 0 saturated heterocycles. The Labute approximate surface area is 121 Å². The van der Waals surface area contributed by atoms with E-state index >= 15 is 0 Å². The average Bonchev–Trinajstić information content (AvgIpc) is 2.91. The number of aromatic nitrogens is 2. The number of halogens is 1. The van der Waals surface area contributed by atoms with Gasteiger partial charge in [-0.25, -0.2) is 0 Å². The van der Waals surface area contributed by atoms with Crippen molar-refractivity contribution in [2.45, 2.75) is 19.5 Å². The van der Waals surface area contributed by atoms with Gasteiger partial charge in [0.2, 0.25) is 0 Å². The van der Waals surface area contributed by atoms with Crippen LogP contribution >= 0.6 is 11.6 Å². The van der Waals surface area contributed by atoms with Crippen LogP contribution in [0, 0.1) is 10.1 Å². The van der Waals surface area contributed by atoms with Crippen LogP contribution in [-0.4, -0.2) is 21.2 Å². The second-order valence-electron chi connectivity index (χ2n) is 4.33. The van der Waals surface area contributed by atoms with E-state index in [4.69, 9.17) is 11.6 Å². The van der Waals surface area contributed by atoms with Crippen LogP contribution in [0.3, 0.4) is 0 Å². The van der Waals surface area contributed by atoms with Crippen LogP contribution in [0.4, 0.5) is 5.69 Å². The van der Waals surface area contributed by atoms with Crippen molar-refractivity contribution in [3.8, 4) is 0 Å². The Balaban J connectivity index is 1.81.